The molecule has 0 aliphatic carbocycles. The first kappa shape index (κ1) is 41.9. The maximum Gasteiger partial charge on any atom is 0.164 e. The molecule has 0 radical (unpaired) electrons. The van der Waals surface area contributed by atoms with Crippen molar-refractivity contribution in [1.29, 1.82) is 0 Å². The van der Waals surface area contributed by atoms with Gasteiger partial charge in [-0.3, -0.25) is 0 Å². The monoisotopic (exact) mass is 874 g/mol. The lowest BCUT2D eigenvalue weighted by Crippen LogP contribution is -2.18. The van der Waals surface area contributed by atoms with Gasteiger partial charge in [0.15, 0.2) is 34.9 Å². The first-order valence-corrected chi connectivity index (χ1v) is 23.0. The van der Waals surface area contributed by atoms with Crippen LogP contribution >= 0.6 is 0 Å². The highest BCUT2D eigenvalue weighted by molar-refractivity contribution is 5.89. The SMILES string of the molecule is C/C=C\C=C/c1cccc(-c2nc(-c3ccc(C(C)(C)c4ccc(-c5nc(-c6ccc7ccccc7c6)nc(-c6ccc7ccccc7c6)n5)cc4)cc3)nc(-c3ccc4ccccc4c3)n2)c1. The summed E-state index contributed by atoms with van der Waals surface area (Å²) < 4.78 is 0. The van der Waals surface area contributed by atoms with Gasteiger partial charge in [0.25, 0.3) is 0 Å². The number of rotatable bonds is 10. The predicted octanol–water partition coefficient (Wildman–Crippen LogP) is 15.4. The summed E-state index contributed by atoms with van der Waals surface area (Å²) in [5.74, 6) is 3.75. The Morgan fingerprint density at radius 1 is 0.309 bits per heavy atom. The Kier molecular flexibility index (Phi) is 11.0. The van der Waals surface area contributed by atoms with Crippen LogP contribution in [0.5, 0.6) is 0 Å². The van der Waals surface area contributed by atoms with Crippen molar-refractivity contribution in [2.45, 2.75) is 26.2 Å². The average molecular weight is 875 g/mol. The molecular weight excluding hydrogens is 829 g/mol. The molecule has 11 rings (SSSR count). The van der Waals surface area contributed by atoms with Crippen LogP contribution in [-0.4, -0.2) is 29.9 Å². The molecular formula is C62H46N6. The molecule has 0 aliphatic heterocycles. The van der Waals surface area contributed by atoms with Crippen molar-refractivity contribution in [1.82, 2.24) is 29.9 Å². The minimum Gasteiger partial charge on any atom is -0.208 e. The molecule has 0 aliphatic rings. The molecule has 0 saturated carbocycles. The Morgan fingerprint density at radius 3 is 1.03 bits per heavy atom. The smallest absolute Gasteiger partial charge is 0.164 e. The molecule has 0 spiro atoms. The summed E-state index contributed by atoms with van der Waals surface area (Å²) in [7, 11) is 0. The van der Waals surface area contributed by atoms with Crippen molar-refractivity contribution in [3.05, 3.63) is 235 Å². The van der Waals surface area contributed by atoms with E-state index in [-0.39, 0.29) is 5.41 Å². The van der Waals surface area contributed by atoms with Crippen molar-refractivity contribution in [3.8, 4) is 68.3 Å². The summed E-state index contributed by atoms with van der Waals surface area (Å²) in [5, 5.41) is 6.92. The van der Waals surface area contributed by atoms with E-state index >= 15 is 0 Å². The summed E-state index contributed by atoms with van der Waals surface area (Å²) in [4.78, 5) is 30.5. The molecule has 2 aromatic heterocycles. The molecule has 9 aromatic carbocycles. The van der Waals surface area contributed by atoms with Crippen LogP contribution in [0.2, 0.25) is 0 Å². The van der Waals surface area contributed by atoms with Crippen LogP contribution in [0.25, 0.3) is 107 Å². The summed E-state index contributed by atoms with van der Waals surface area (Å²) in [6.45, 7) is 6.52. The summed E-state index contributed by atoms with van der Waals surface area (Å²) >= 11 is 0. The zero-order valence-corrected chi connectivity index (χ0v) is 38.0. The molecule has 324 valence electrons. The molecule has 0 bridgehead atoms. The van der Waals surface area contributed by atoms with Crippen LogP contribution < -0.4 is 0 Å². The van der Waals surface area contributed by atoms with Gasteiger partial charge in [-0.05, 0) is 80.2 Å². The van der Waals surface area contributed by atoms with Gasteiger partial charge in [-0.25, -0.2) is 29.9 Å². The fraction of sp³-hybridized carbons (Fsp3) is 0.0645. The predicted molar refractivity (Wildman–Crippen MR) is 281 cm³/mol. The maximum atomic E-state index is 5.10. The van der Waals surface area contributed by atoms with Gasteiger partial charge in [-0.2, -0.15) is 0 Å². The third-order valence-electron chi connectivity index (χ3n) is 12.8. The van der Waals surface area contributed by atoms with Gasteiger partial charge in [0, 0.05) is 38.8 Å². The molecule has 0 unspecified atom stereocenters. The molecule has 2 heterocycles. The van der Waals surface area contributed by atoms with E-state index in [0.29, 0.717) is 34.9 Å². The highest BCUT2D eigenvalue weighted by Gasteiger charge is 2.24. The number of allylic oxidation sites excluding steroid dienone is 3. The van der Waals surface area contributed by atoms with Gasteiger partial charge in [-0.1, -0.05) is 214 Å². The molecule has 0 amide bonds. The van der Waals surface area contributed by atoms with Crippen molar-refractivity contribution in [2.24, 2.45) is 0 Å². The molecule has 68 heavy (non-hydrogen) atoms. The van der Waals surface area contributed by atoms with Crippen LogP contribution in [0.15, 0.2) is 218 Å². The summed E-state index contributed by atoms with van der Waals surface area (Å²) in [6.07, 6.45) is 8.16. The van der Waals surface area contributed by atoms with Crippen molar-refractivity contribution >= 4 is 38.4 Å². The van der Waals surface area contributed by atoms with Gasteiger partial charge in [0.1, 0.15) is 0 Å². The maximum absolute atomic E-state index is 5.10. The lowest BCUT2D eigenvalue weighted by atomic mass is 9.77. The van der Waals surface area contributed by atoms with E-state index in [1.54, 1.807) is 0 Å². The molecule has 6 heteroatoms. The number of benzene rings is 9. The molecule has 11 aromatic rings. The lowest BCUT2D eigenvalue weighted by molar-refractivity contribution is 0.641. The van der Waals surface area contributed by atoms with E-state index in [1.807, 2.05) is 31.2 Å². The largest absolute Gasteiger partial charge is 0.208 e. The number of aromatic nitrogens is 6. The highest BCUT2D eigenvalue weighted by atomic mass is 15.0. The number of hydrogen-bond donors (Lipinski definition) is 0. The average Bonchev–Trinajstić information content (AvgIpc) is 3.40. The fourth-order valence-corrected chi connectivity index (χ4v) is 8.81. The minimum atomic E-state index is -0.329. The van der Waals surface area contributed by atoms with E-state index in [4.69, 9.17) is 29.9 Å². The van der Waals surface area contributed by atoms with Gasteiger partial charge >= 0.3 is 0 Å². The Labute approximate surface area is 396 Å². The zero-order chi connectivity index (χ0) is 46.0. The third kappa shape index (κ3) is 8.47. The molecule has 0 atom stereocenters. The van der Waals surface area contributed by atoms with Crippen molar-refractivity contribution in [2.75, 3.05) is 0 Å². The Hall–Kier alpha value is -8.74. The first-order chi connectivity index (χ1) is 33.3. The lowest BCUT2D eigenvalue weighted by Gasteiger charge is -2.26. The quantitative estimate of drug-likeness (QED) is 0.127. The topological polar surface area (TPSA) is 77.3 Å². The zero-order valence-electron chi connectivity index (χ0n) is 38.0. The van der Waals surface area contributed by atoms with E-state index in [9.17, 15) is 0 Å². The van der Waals surface area contributed by atoms with E-state index in [2.05, 4.69) is 214 Å². The van der Waals surface area contributed by atoms with E-state index < -0.39 is 0 Å². The second-order valence-corrected chi connectivity index (χ2v) is 17.6. The van der Waals surface area contributed by atoms with Gasteiger partial charge in [-0.15, -0.1) is 0 Å². The normalized spacial score (nSPS) is 11.9. The van der Waals surface area contributed by atoms with Crippen LogP contribution in [0.3, 0.4) is 0 Å². The molecule has 0 saturated heterocycles. The minimum absolute atomic E-state index is 0.329. The molecule has 6 nitrogen and oxygen atoms in total. The fourth-order valence-electron chi connectivity index (χ4n) is 8.81. The van der Waals surface area contributed by atoms with Gasteiger partial charge < -0.3 is 0 Å². The third-order valence-corrected chi connectivity index (χ3v) is 12.8. The first-order valence-electron chi connectivity index (χ1n) is 23.0. The molecule has 0 fully saturated rings. The Morgan fingerprint density at radius 2 is 0.647 bits per heavy atom. The van der Waals surface area contributed by atoms with Crippen LogP contribution in [0.4, 0.5) is 0 Å². The highest BCUT2D eigenvalue weighted by Crippen LogP contribution is 2.36. The van der Waals surface area contributed by atoms with Crippen LogP contribution in [0, 0.1) is 0 Å². The van der Waals surface area contributed by atoms with E-state index in [1.165, 1.54) is 16.2 Å². The summed E-state index contributed by atoms with van der Waals surface area (Å²) in [6, 6.07) is 69.8. The second-order valence-electron chi connectivity index (χ2n) is 17.6. The number of hydrogen-bond acceptors (Lipinski definition) is 6. The number of nitrogens with zero attached hydrogens (tertiary/aromatic N) is 6. The van der Waals surface area contributed by atoms with Crippen molar-refractivity contribution in [3.63, 3.8) is 0 Å². The summed E-state index contributed by atoms with van der Waals surface area (Å²) in [5.41, 5.74) is 8.63. The van der Waals surface area contributed by atoms with Crippen molar-refractivity contribution < 1.29 is 0 Å². The van der Waals surface area contributed by atoms with Crippen LogP contribution in [0.1, 0.15) is 37.5 Å². The standard InChI is InChI=1S/C62H46N6/c1-4-5-6-14-41-15-13-22-50(37-41)58-63-56(64-59(67-58)51-26-23-42-16-7-10-19-47(42)38-51)45-29-33-54(34-30-45)62(2,3)55-35-31-46(32-36-55)57-65-60(52-27-24-43-17-8-11-20-48(43)39-52)68-61(66-57)53-28-25-44-18-9-12-21-49(44)40-53/h4-40H,1-3H3/b5-4-,14-6-. The van der Waals surface area contributed by atoms with Gasteiger partial charge in [0.05, 0.1) is 0 Å². The Bertz CT molecular complexity index is 3620. The van der Waals surface area contributed by atoms with E-state index in [0.717, 1.165) is 66.2 Å². The van der Waals surface area contributed by atoms with Crippen LogP contribution in [-0.2, 0) is 5.41 Å². The number of fused-ring (bicyclic) bond motifs is 3. The molecule has 0 N–H and O–H groups in total. The second kappa shape index (κ2) is 17.9. The Balaban J connectivity index is 0.925. The van der Waals surface area contributed by atoms with Gasteiger partial charge in [0.2, 0.25) is 0 Å².